The van der Waals surface area contributed by atoms with Gasteiger partial charge in [0.05, 0.1) is 0 Å². The van der Waals surface area contributed by atoms with Gasteiger partial charge in [0.1, 0.15) is 0 Å². The molecule has 3 rings (SSSR count). The maximum absolute atomic E-state index is 6.08. The first-order valence-electron chi connectivity index (χ1n) is 5.13. The fraction of sp³-hybridized carbons (Fsp3) is 0. The van der Waals surface area contributed by atoms with E-state index in [0.29, 0.717) is 0 Å². The van der Waals surface area contributed by atoms with Crippen molar-refractivity contribution in [3.63, 3.8) is 0 Å². The van der Waals surface area contributed by atoms with E-state index < -0.39 is 0 Å². The summed E-state index contributed by atoms with van der Waals surface area (Å²) >= 11 is 1.71. The number of rotatable bonds is 0. The zero-order valence-corrected chi connectivity index (χ0v) is 11.0. The molecule has 16 heavy (non-hydrogen) atoms. The normalized spacial score (nSPS) is 11.0. The van der Waals surface area contributed by atoms with Crippen molar-refractivity contribution in [2.45, 2.75) is 0 Å². The Labute approximate surface area is 127 Å². The molecule has 2 heteroatoms. The van der Waals surface area contributed by atoms with Gasteiger partial charge in [-0.2, -0.15) is 0 Å². The number of nitrogen functional groups attached to an aromatic ring is 1. The van der Waals surface area contributed by atoms with Crippen molar-refractivity contribution in [3.8, 4) is 0 Å². The number of benzene rings is 3. The van der Waals surface area contributed by atoms with Crippen LogP contribution in [0.2, 0.25) is 0 Å². The first-order valence-corrected chi connectivity index (χ1v) is 6.34. The van der Waals surface area contributed by atoms with Gasteiger partial charge in [0.15, 0.2) is 0 Å². The Balaban J connectivity index is 2.64. The topological polar surface area (TPSA) is 26.0 Å². The van der Waals surface area contributed by atoms with Crippen molar-refractivity contribution in [1.29, 1.82) is 0 Å². The van der Waals surface area contributed by atoms with Gasteiger partial charge in [-0.05, 0) is 0 Å². The van der Waals surface area contributed by atoms with Crippen molar-refractivity contribution < 1.29 is 47.0 Å². The SMILES string of the molecule is Nc1cccc2ccc3[c]([Eu+2])cccc3c12. The third kappa shape index (κ3) is 1.60. The molecule has 0 atom stereocenters. The van der Waals surface area contributed by atoms with Crippen LogP contribution in [0.15, 0.2) is 48.5 Å². The zero-order chi connectivity index (χ0) is 11.1. The Morgan fingerprint density at radius 3 is 2.50 bits per heavy atom. The predicted molar refractivity (Wildman–Crippen MR) is 65.5 cm³/mol. The summed E-state index contributed by atoms with van der Waals surface area (Å²) in [4.78, 5) is 0. The Morgan fingerprint density at radius 2 is 1.62 bits per heavy atom. The molecule has 3 aromatic rings. The summed E-state index contributed by atoms with van der Waals surface area (Å²) in [5, 5.41) is 4.96. The third-order valence-corrected chi connectivity index (χ3v) is 3.94. The second-order valence-electron chi connectivity index (χ2n) is 3.85. The van der Waals surface area contributed by atoms with Crippen molar-refractivity contribution in [2.24, 2.45) is 0 Å². The summed E-state index contributed by atoms with van der Waals surface area (Å²) < 4.78 is 1.35. The van der Waals surface area contributed by atoms with E-state index in [2.05, 4.69) is 36.4 Å². The van der Waals surface area contributed by atoms with E-state index >= 15 is 0 Å². The van der Waals surface area contributed by atoms with E-state index in [1.807, 2.05) is 12.1 Å². The van der Waals surface area contributed by atoms with Gasteiger partial charge < -0.3 is 0 Å². The predicted octanol–water partition coefficient (Wildman–Crippen LogP) is 2.75. The van der Waals surface area contributed by atoms with E-state index in [4.69, 9.17) is 5.73 Å². The van der Waals surface area contributed by atoms with Crippen molar-refractivity contribution >= 4 is 27.2 Å². The van der Waals surface area contributed by atoms with E-state index in [1.54, 1.807) is 47.0 Å². The van der Waals surface area contributed by atoms with Gasteiger partial charge in [0.25, 0.3) is 0 Å². The van der Waals surface area contributed by atoms with E-state index in [-0.39, 0.29) is 0 Å². The van der Waals surface area contributed by atoms with Crippen LogP contribution in [0.3, 0.4) is 0 Å². The molecule has 1 nitrogen and oxygen atoms in total. The van der Waals surface area contributed by atoms with E-state index in [1.165, 1.54) is 21.5 Å². The summed E-state index contributed by atoms with van der Waals surface area (Å²) in [6.07, 6.45) is 0. The molecular weight excluding hydrogens is 334 g/mol. The van der Waals surface area contributed by atoms with Crippen LogP contribution < -0.4 is 5.69 Å². The van der Waals surface area contributed by atoms with Gasteiger partial charge in [0, 0.05) is 0 Å². The molecule has 0 fully saturated rings. The van der Waals surface area contributed by atoms with Crippen LogP contribution in [0, 0.1) is 47.0 Å². The van der Waals surface area contributed by atoms with Gasteiger partial charge in [0.2, 0.25) is 0 Å². The van der Waals surface area contributed by atoms with Gasteiger partial charge in [-0.15, -0.1) is 0 Å². The fourth-order valence-corrected chi connectivity index (χ4v) is 2.90. The van der Waals surface area contributed by atoms with Gasteiger partial charge in [-0.3, -0.25) is 0 Å². The average Bonchev–Trinajstić information content (AvgIpc) is 2.29. The number of hydrogen-bond donors (Lipinski definition) is 1. The van der Waals surface area contributed by atoms with Crippen molar-refractivity contribution in [2.75, 3.05) is 5.73 Å². The molecule has 0 heterocycles. The van der Waals surface area contributed by atoms with Crippen LogP contribution >= 0.6 is 0 Å². The molecule has 0 amide bonds. The van der Waals surface area contributed by atoms with Gasteiger partial charge >= 0.3 is 128 Å². The van der Waals surface area contributed by atoms with Gasteiger partial charge in [-0.1, -0.05) is 0 Å². The average molecular weight is 344 g/mol. The van der Waals surface area contributed by atoms with E-state index in [0.717, 1.165) is 5.69 Å². The summed E-state index contributed by atoms with van der Waals surface area (Å²) in [6.45, 7) is 0. The van der Waals surface area contributed by atoms with E-state index in [9.17, 15) is 0 Å². The Morgan fingerprint density at radius 1 is 0.812 bits per heavy atom. The molecule has 0 spiro atoms. The quantitative estimate of drug-likeness (QED) is 0.493. The molecule has 2 N–H and O–H groups in total. The molecule has 0 saturated carbocycles. The molecule has 76 valence electrons. The Kier molecular flexibility index (Phi) is 2.74. The third-order valence-electron chi connectivity index (χ3n) is 2.88. The molecule has 0 saturated heterocycles. The molecule has 0 aliphatic rings. The monoisotopic (exact) mass is 345 g/mol. The summed E-state index contributed by atoms with van der Waals surface area (Å²) in [6, 6.07) is 16.8. The van der Waals surface area contributed by atoms with Crippen LogP contribution in [-0.4, -0.2) is 0 Å². The number of fused-ring (bicyclic) bond motifs is 3. The van der Waals surface area contributed by atoms with Crippen LogP contribution in [-0.2, 0) is 0 Å². The Bertz CT molecular complexity index is 689. The summed E-state index contributed by atoms with van der Waals surface area (Å²) in [5.74, 6) is 0. The molecule has 0 unspecified atom stereocenters. The second kappa shape index (κ2) is 4.10. The minimum absolute atomic E-state index is 0.861. The van der Waals surface area contributed by atoms with Crippen LogP contribution in [0.4, 0.5) is 5.69 Å². The summed E-state index contributed by atoms with van der Waals surface area (Å²) in [7, 11) is 0. The molecule has 0 aromatic heterocycles. The van der Waals surface area contributed by atoms with Crippen LogP contribution in [0.1, 0.15) is 0 Å². The molecular formula is C14H10EuN+2. The number of hydrogen-bond acceptors (Lipinski definition) is 1. The first-order chi connectivity index (χ1) is 7.77. The molecule has 0 aliphatic carbocycles. The van der Waals surface area contributed by atoms with Crippen molar-refractivity contribution in [3.05, 3.63) is 48.5 Å². The maximum atomic E-state index is 6.08. The fourth-order valence-electron chi connectivity index (χ4n) is 2.14. The first kappa shape index (κ1) is 10.7. The van der Waals surface area contributed by atoms with Crippen LogP contribution in [0.5, 0.6) is 0 Å². The Hall–Kier alpha value is -0.436. The minimum atomic E-state index is 0.861. The molecule has 0 aliphatic heterocycles. The van der Waals surface area contributed by atoms with Crippen LogP contribution in [0.25, 0.3) is 21.5 Å². The molecule has 0 bridgehead atoms. The second-order valence-corrected chi connectivity index (χ2v) is 5.15. The van der Waals surface area contributed by atoms with Crippen molar-refractivity contribution in [1.82, 2.24) is 0 Å². The number of nitrogens with two attached hydrogens (primary N) is 1. The standard InChI is InChI=1S/C14H10N.Eu/c15-13-7-3-5-11-9-8-10-4-1-2-6-12(10)14(11)13;/h1-3,5-9H,15H2;/q;+2. The zero-order valence-electron chi connectivity index (χ0n) is 8.57. The number of anilines is 1. The van der Waals surface area contributed by atoms with Gasteiger partial charge in [-0.25, -0.2) is 0 Å². The molecule has 0 radical (unpaired) electrons. The summed E-state index contributed by atoms with van der Waals surface area (Å²) in [5.41, 5.74) is 6.94. The molecule has 3 aromatic carbocycles.